The number of carbonyl (C=O) groups is 2. The maximum atomic E-state index is 13.4. The van der Waals surface area contributed by atoms with Gasteiger partial charge in [-0.3, -0.25) is 14.5 Å². The van der Waals surface area contributed by atoms with Crippen LogP contribution >= 0.6 is 0 Å². The number of Topliss-reactive ketones (excluding diaryl/α,β-unsaturated/α-hetero) is 1. The molecular formula is C28H27NO4. The van der Waals surface area contributed by atoms with Crippen molar-refractivity contribution in [1.82, 2.24) is 0 Å². The van der Waals surface area contributed by atoms with Crippen molar-refractivity contribution in [3.05, 3.63) is 99.6 Å². The number of carbonyl (C=O) groups excluding carboxylic acids is 2. The molecule has 0 bridgehead atoms. The zero-order valence-corrected chi connectivity index (χ0v) is 19.5. The Morgan fingerprint density at radius 1 is 0.879 bits per heavy atom. The normalized spacial score (nSPS) is 17.5. The summed E-state index contributed by atoms with van der Waals surface area (Å²) in [5, 5.41) is 11.4. The number of methoxy groups -OCH3 is 1. The zero-order chi connectivity index (χ0) is 23.9. The summed E-state index contributed by atoms with van der Waals surface area (Å²) in [5.74, 6) is -0.838. The number of amides is 1. The molecule has 1 amide bonds. The molecule has 3 aromatic rings. The fourth-order valence-electron chi connectivity index (χ4n) is 4.44. The molecule has 1 atom stereocenters. The Balaban J connectivity index is 2.00. The maximum absolute atomic E-state index is 13.4. The van der Waals surface area contributed by atoms with Gasteiger partial charge in [0.25, 0.3) is 11.7 Å². The van der Waals surface area contributed by atoms with Crippen LogP contribution in [0.3, 0.4) is 0 Å². The molecule has 1 fully saturated rings. The summed E-state index contributed by atoms with van der Waals surface area (Å²) >= 11 is 0. The van der Waals surface area contributed by atoms with Gasteiger partial charge in [0, 0.05) is 11.3 Å². The Morgan fingerprint density at radius 2 is 1.58 bits per heavy atom. The molecule has 0 radical (unpaired) electrons. The molecule has 168 valence electrons. The molecule has 1 heterocycles. The van der Waals surface area contributed by atoms with Gasteiger partial charge in [-0.2, -0.15) is 0 Å². The van der Waals surface area contributed by atoms with Crippen molar-refractivity contribution < 1.29 is 19.4 Å². The molecule has 0 aromatic heterocycles. The first-order valence-corrected chi connectivity index (χ1v) is 10.8. The Bertz CT molecular complexity index is 1290. The Hall–Kier alpha value is -3.86. The van der Waals surface area contributed by atoms with Gasteiger partial charge >= 0.3 is 0 Å². The summed E-state index contributed by atoms with van der Waals surface area (Å²) < 4.78 is 5.39. The third-order valence-electron chi connectivity index (χ3n) is 6.39. The zero-order valence-electron chi connectivity index (χ0n) is 19.5. The number of ketones is 1. The fourth-order valence-corrected chi connectivity index (χ4v) is 4.44. The van der Waals surface area contributed by atoms with Crippen LogP contribution in [0.25, 0.3) is 5.76 Å². The van der Waals surface area contributed by atoms with Crippen molar-refractivity contribution in [2.45, 2.75) is 33.7 Å². The molecule has 1 N–H and O–H groups in total. The Morgan fingerprint density at radius 3 is 2.24 bits per heavy atom. The standard InChI is InChI=1S/C28H27NO4/c1-16-10-9-13-22(19(16)4)29-25(20-11-7-6-8-12-20)24(27(31)28(29)32)26(30)21-14-18(3)23(33-5)15-17(21)2/h6-15,25,30H,1-5H3/b26-24+. The van der Waals surface area contributed by atoms with Crippen molar-refractivity contribution in [1.29, 1.82) is 0 Å². The number of ether oxygens (including phenoxy) is 1. The molecule has 0 aliphatic carbocycles. The van der Waals surface area contributed by atoms with Gasteiger partial charge in [0.1, 0.15) is 11.5 Å². The van der Waals surface area contributed by atoms with E-state index in [2.05, 4.69) is 0 Å². The minimum absolute atomic E-state index is 0.0831. The quantitative estimate of drug-likeness (QED) is 0.327. The summed E-state index contributed by atoms with van der Waals surface area (Å²) in [5.41, 5.74) is 5.51. The second kappa shape index (κ2) is 8.58. The van der Waals surface area contributed by atoms with Crippen molar-refractivity contribution in [3.8, 4) is 5.75 Å². The highest BCUT2D eigenvalue weighted by Gasteiger charge is 2.47. The molecule has 1 saturated heterocycles. The molecule has 0 spiro atoms. The lowest BCUT2D eigenvalue weighted by molar-refractivity contribution is -0.132. The van der Waals surface area contributed by atoms with E-state index in [0.717, 1.165) is 27.8 Å². The molecule has 5 nitrogen and oxygen atoms in total. The van der Waals surface area contributed by atoms with Crippen molar-refractivity contribution in [2.75, 3.05) is 12.0 Å². The highest BCUT2D eigenvalue weighted by molar-refractivity contribution is 6.51. The molecule has 5 heteroatoms. The van der Waals surface area contributed by atoms with E-state index in [1.807, 2.05) is 82.3 Å². The van der Waals surface area contributed by atoms with Gasteiger partial charge in [0.15, 0.2) is 0 Å². The van der Waals surface area contributed by atoms with Gasteiger partial charge in [-0.15, -0.1) is 0 Å². The predicted molar refractivity (Wildman–Crippen MR) is 130 cm³/mol. The van der Waals surface area contributed by atoms with E-state index in [1.54, 1.807) is 13.2 Å². The number of aliphatic hydroxyl groups is 1. The van der Waals surface area contributed by atoms with Crippen LogP contribution in [0.15, 0.2) is 66.2 Å². The third kappa shape index (κ3) is 3.69. The first-order chi connectivity index (χ1) is 15.8. The first kappa shape index (κ1) is 22.3. The summed E-state index contributed by atoms with van der Waals surface area (Å²) in [6.07, 6.45) is 0. The first-order valence-electron chi connectivity index (χ1n) is 10.8. The van der Waals surface area contributed by atoms with Crippen LogP contribution in [0.4, 0.5) is 5.69 Å². The van der Waals surface area contributed by atoms with Crippen LogP contribution in [-0.4, -0.2) is 23.9 Å². The minimum atomic E-state index is -0.742. The molecule has 1 unspecified atom stereocenters. The number of aliphatic hydroxyl groups excluding tert-OH is 1. The van der Waals surface area contributed by atoms with Crippen LogP contribution in [0.2, 0.25) is 0 Å². The summed E-state index contributed by atoms with van der Waals surface area (Å²) in [6, 6.07) is 17.9. The summed E-state index contributed by atoms with van der Waals surface area (Å²) in [7, 11) is 1.59. The molecule has 0 saturated carbocycles. The lowest BCUT2D eigenvalue weighted by Gasteiger charge is -2.27. The smallest absolute Gasteiger partial charge is 0.300 e. The SMILES string of the molecule is COc1cc(C)c(/C(O)=C2\C(=O)C(=O)N(c3cccc(C)c3C)C2c2ccccc2)cc1C. The van der Waals surface area contributed by atoms with E-state index in [0.29, 0.717) is 17.0 Å². The number of hydrogen-bond acceptors (Lipinski definition) is 4. The number of benzene rings is 3. The third-order valence-corrected chi connectivity index (χ3v) is 6.39. The van der Waals surface area contributed by atoms with Gasteiger partial charge in [-0.1, -0.05) is 42.5 Å². The number of aryl methyl sites for hydroxylation is 3. The predicted octanol–water partition coefficient (Wildman–Crippen LogP) is 5.56. The second-order valence-electron chi connectivity index (χ2n) is 8.44. The Kier molecular flexibility index (Phi) is 5.81. The van der Waals surface area contributed by atoms with Crippen LogP contribution in [0.1, 0.15) is 39.4 Å². The van der Waals surface area contributed by atoms with Crippen LogP contribution in [0, 0.1) is 27.7 Å². The molecule has 33 heavy (non-hydrogen) atoms. The Labute approximate surface area is 193 Å². The highest BCUT2D eigenvalue weighted by atomic mass is 16.5. The van der Waals surface area contributed by atoms with Gasteiger partial charge < -0.3 is 9.84 Å². The van der Waals surface area contributed by atoms with E-state index in [4.69, 9.17) is 4.74 Å². The van der Waals surface area contributed by atoms with Crippen molar-refractivity contribution in [3.63, 3.8) is 0 Å². The summed E-state index contributed by atoms with van der Waals surface area (Å²) in [4.78, 5) is 28.2. The molecular weight excluding hydrogens is 414 g/mol. The topological polar surface area (TPSA) is 66.8 Å². The van der Waals surface area contributed by atoms with Crippen molar-refractivity contribution in [2.24, 2.45) is 0 Å². The van der Waals surface area contributed by atoms with E-state index >= 15 is 0 Å². The number of nitrogens with zero attached hydrogens (tertiary/aromatic N) is 1. The molecule has 1 aliphatic heterocycles. The van der Waals surface area contributed by atoms with E-state index in [1.165, 1.54) is 4.90 Å². The van der Waals surface area contributed by atoms with Gasteiger partial charge in [-0.05, 0) is 73.7 Å². The number of rotatable bonds is 4. The second-order valence-corrected chi connectivity index (χ2v) is 8.44. The van der Waals surface area contributed by atoms with E-state index < -0.39 is 17.7 Å². The van der Waals surface area contributed by atoms with E-state index in [9.17, 15) is 14.7 Å². The van der Waals surface area contributed by atoms with Crippen LogP contribution < -0.4 is 9.64 Å². The van der Waals surface area contributed by atoms with Gasteiger partial charge in [-0.25, -0.2) is 0 Å². The summed E-state index contributed by atoms with van der Waals surface area (Å²) in [6.45, 7) is 7.62. The van der Waals surface area contributed by atoms with Gasteiger partial charge in [0.2, 0.25) is 0 Å². The minimum Gasteiger partial charge on any atom is -0.507 e. The van der Waals surface area contributed by atoms with E-state index in [-0.39, 0.29) is 11.3 Å². The van der Waals surface area contributed by atoms with Crippen LogP contribution in [-0.2, 0) is 9.59 Å². The molecule has 1 aliphatic rings. The molecule has 4 rings (SSSR count). The largest absolute Gasteiger partial charge is 0.507 e. The average Bonchev–Trinajstić information content (AvgIpc) is 3.07. The average molecular weight is 442 g/mol. The monoisotopic (exact) mass is 441 g/mol. The fraction of sp³-hybridized carbons (Fsp3) is 0.214. The number of hydrogen-bond donors (Lipinski definition) is 1. The molecule has 3 aromatic carbocycles. The maximum Gasteiger partial charge on any atom is 0.300 e. The lowest BCUT2D eigenvalue weighted by atomic mass is 9.92. The van der Waals surface area contributed by atoms with Crippen molar-refractivity contribution >= 4 is 23.1 Å². The number of anilines is 1. The lowest BCUT2D eigenvalue weighted by Crippen LogP contribution is -2.30. The van der Waals surface area contributed by atoms with Gasteiger partial charge in [0.05, 0.1) is 18.7 Å². The highest BCUT2D eigenvalue weighted by Crippen LogP contribution is 2.44. The van der Waals surface area contributed by atoms with Crippen LogP contribution in [0.5, 0.6) is 5.75 Å².